The average molecular weight is 241 g/mol. The highest BCUT2D eigenvalue weighted by Crippen LogP contribution is 2.27. The van der Waals surface area contributed by atoms with Crippen LogP contribution in [-0.2, 0) is 4.79 Å². The largest absolute Gasteiger partial charge is 0.480 e. The minimum Gasteiger partial charge on any atom is -0.480 e. The lowest BCUT2D eigenvalue weighted by Crippen LogP contribution is -2.42. The van der Waals surface area contributed by atoms with Gasteiger partial charge in [-0.15, -0.1) is 0 Å². The molecule has 0 radical (unpaired) electrons. The molecule has 92 valence electrons. The molecule has 0 spiro atoms. The zero-order valence-corrected chi connectivity index (χ0v) is 9.12. The van der Waals surface area contributed by atoms with Gasteiger partial charge in [-0.2, -0.15) is 0 Å². The minimum atomic E-state index is -0.952. The Bertz CT molecular complexity index is 437. The quantitative estimate of drug-likeness (QED) is 0.834. The van der Waals surface area contributed by atoms with Gasteiger partial charge < -0.3 is 5.11 Å². The van der Waals surface area contributed by atoms with Crippen LogP contribution in [0.1, 0.15) is 30.9 Å². The zero-order valence-electron chi connectivity index (χ0n) is 9.12. The molecule has 2 rings (SSSR count). The van der Waals surface area contributed by atoms with E-state index in [1.807, 2.05) is 0 Å². The van der Waals surface area contributed by atoms with Gasteiger partial charge in [-0.25, -0.2) is 8.78 Å². The maximum atomic E-state index is 13.5. The normalized spacial score (nSPS) is 24.6. The monoisotopic (exact) mass is 241 g/mol. The van der Waals surface area contributed by atoms with Gasteiger partial charge in [-0.3, -0.25) is 10.1 Å². The first-order chi connectivity index (χ1) is 8.08. The summed E-state index contributed by atoms with van der Waals surface area (Å²) < 4.78 is 26.6. The number of hydrogen-bond acceptors (Lipinski definition) is 2. The molecule has 2 atom stereocenters. The lowest BCUT2D eigenvalue weighted by Gasteiger charge is -2.29. The van der Waals surface area contributed by atoms with E-state index in [1.165, 1.54) is 0 Å². The van der Waals surface area contributed by atoms with Crippen molar-refractivity contribution >= 4 is 5.97 Å². The van der Waals surface area contributed by atoms with Gasteiger partial charge in [0, 0.05) is 11.6 Å². The van der Waals surface area contributed by atoms with E-state index in [4.69, 9.17) is 5.11 Å². The summed E-state index contributed by atoms with van der Waals surface area (Å²) in [5.74, 6) is -1.97. The molecule has 1 heterocycles. The molecule has 1 saturated heterocycles. The molecule has 1 fully saturated rings. The predicted molar refractivity (Wildman–Crippen MR) is 57.5 cm³/mol. The van der Waals surface area contributed by atoms with E-state index in [0.29, 0.717) is 19.3 Å². The molecular formula is C12H13F2NO2. The first kappa shape index (κ1) is 12.0. The number of piperidine rings is 1. The maximum absolute atomic E-state index is 13.5. The molecular weight excluding hydrogens is 228 g/mol. The van der Waals surface area contributed by atoms with Crippen molar-refractivity contribution in [2.75, 3.05) is 0 Å². The summed E-state index contributed by atoms with van der Waals surface area (Å²) in [6, 6.07) is 2.13. The van der Waals surface area contributed by atoms with Gasteiger partial charge in [0.2, 0.25) is 0 Å². The van der Waals surface area contributed by atoms with Crippen LogP contribution in [0.15, 0.2) is 18.2 Å². The Balaban J connectivity index is 2.21. The number of carboxylic acid groups (broad SMARTS) is 1. The molecule has 1 aromatic carbocycles. The van der Waals surface area contributed by atoms with Crippen molar-refractivity contribution in [3.8, 4) is 0 Å². The average Bonchev–Trinajstić information content (AvgIpc) is 2.32. The molecule has 17 heavy (non-hydrogen) atoms. The molecule has 0 amide bonds. The minimum absolute atomic E-state index is 0.205. The van der Waals surface area contributed by atoms with E-state index in [0.717, 1.165) is 18.2 Å². The summed E-state index contributed by atoms with van der Waals surface area (Å²) in [4.78, 5) is 10.9. The number of hydrogen-bond donors (Lipinski definition) is 2. The van der Waals surface area contributed by atoms with Gasteiger partial charge in [-0.1, -0.05) is 0 Å². The molecule has 1 aromatic rings. The van der Waals surface area contributed by atoms with Gasteiger partial charge in [-0.05, 0) is 37.5 Å². The summed E-state index contributed by atoms with van der Waals surface area (Å²) >= 11 is 0. The van der Waals surface area contributed by atoms with Crippen LogP contribution < -0.4 is 5.32 Å². The second kappa shape index (κ2) is 4.79. The number of rotatable bonds is 2. The highest BCUT2D eigenvalue weighted by atomic mass is 19.1. The van der Waals surface area contributed by atoms with E-state index in [2.05, 4.69) is 5.32 Å². The standard InChI is InChI=1S/C12H13F2NO2/c13-7-4-5-9(14)8(6-7)10-2-1-3-11(15-10)12(16)17/h4-6,10-11,15H,1-3H2,(H,16,17). The van der Waals surface area contributed by atoms with E-state index < -0.39 is 29.7 Å². The predicted octanol–water partition coefficient (Wildman–Crippen LogP) is 2.23. The first-order valence-electron chi connectivity index (χ1n) is 5.51. The molecule has 0 aromatic heterocycles. The Labute approximate surface area is 97.5 Å². The van der Waals surface area contributed by atoms with Crippen molar-refractivity contribution in [1.29, 1.82) is 0 Å². The van der Waals surface area contributed by atoms with E-state index >= 15 is 0 Å². The van der Waals surface area contributed by atoms with Crippen LogP contribution in [0, 0.1) is 11.6 Å². The Morgan fingerprint density at radius 1 is 1.35 bits per heavy atom. The third kappa shape index (κ3) is 2.61. The number of halogens is 2. The Hall–Kier alpha value is -1.49. The molecule has 2 unspecified atom stereocenters. The second-order valence-electron chi connectivity index (χ2n) is 4.21. The number of aliphatic carboxylic acids is 1. The van der Waals surface area contributed by atoms with Crippen molar-refractivity contribution < 1.29 is 18.7 Å². The van der Waals surface area contributed by atoms with Crippen LogP contribution >= 0.6 is 0 Å². The van der Waals surface area contributed by atoms with Gasteiger partial charge in [0.05, 0.1) is 0 Å². The third-order valence-corrected chi connectivity index (χ3v) is 3.02. The van der Waals surface area contributed by atoms with Gasteiger partial charge >= 0.3 is 5.97 Å². The van der Waals surface area contributed by atoms with Crippen LogP contribution in [0.2, 0.25) is 0 Å². The molecule has 0 saturated carbocycles. The molecule has 1 aliphatic rings. The SMILES string of the molecule is O=C(O)C1CCCC(c2cc(F)ccc2F)N1. The lowest BCUT2D eigenvalue weighted by molar-refractivity contribution is -0.140. The smallest absolute Gasteiger partial charge is 0.320 e. The van der Waals surface area contributed by atoms with E-state index in [1.54, 1.807) is 0 Å². The molecule has 1 aliphatic heterocycles. The number of carboxylic acids is 1. The topological polar surface area (TPSA) is 49.3 Å². The van der Waals surface area contributed by atoms with Crippen molar-refractivity contribution in [2.24, 2.45) is 0 Å². The fraction of sp³-hybridized carbons (Fsp3) is 0.417. The Morgan fingerprint density at radius 3 is 2.82 bits per heavy atom. The van der Waals surface area contributed by atoms with Gasteiger partial charge in [0.25, 0.3) is 0 Å². The van der Waals surface area contributed by atoms with Crippen molar-refractivity contribution in [1.82, 2.24) is 5.32 Å². The molecule has 0 aliphatic carbocycles. The highest BCUT2D eigenvalue weighted by Gasteiger charge is 2.28. The lowest BCUT2D eigenvalue weighted by atomic mass is 9.93. The van der Waals surface area contributed by atoms with Crippen LogP contribution in [-0.4, -0.2) is 17.1 Å². The van der Waals surface area contributed by atoms with Crippen LogP contribution in [0.3, 0.4) is 0 Å². The third-order valence-electron chi connectivity index (χ3n) is 3.02. The summed E-state index contributed by atoms with van der Waals surface area (Å²) in [6.45, 7) is 0. The van der Waals surface area contributed by atoms with Crippen molar-refractivity contribution in [2.45, 2.75) is 31.3 Å². The summed E-state index contributed by atoms with van der Waals surface area (Å²) in [7, 11) is 0. The van der Waals surface area contributed by atoms with E-state index in [-0.39, 0.29) is 5.56 Å². The molecule has 0 bridgehead atoms. The summed E-state index contributed by atoms with van der Waals surface area (Å²) in [5, 5.41) is 11.7. The van der Waals surface area contributed by atoms with Gasteiger partial charge in [0.1, 0.15) is 17.7 Å². The van der Waals surface area contributed by atoms with Crippen LogP contribution in [0.4, 0.5) is 8.78 Å². The number of carbonyl (C=O) groups is 1. The summed E-state index contributed by atoms with van der Waals surface area (Å²) in [6.07, 6.45) is 1.82. The summed E-state index contributed by atoms with van der Waals surface area (Å²) in [5.41, 5.74) is 0.205. The second-order valence-corrected chi connectivity index (χ2v) is 4.21. The Morgan fingerprint density at radius 2 is 2.12 bits per heavy atom. The van der Waals surface area contributed by atoms with Gasteiger partial charge in [0.15, 0.2) is 0 Å². The van der Waals surface area contributed by atoms with Crippen LogP contribution in [0.25, 0.3) is 0 Å². The zero-order chi connectivity index (χ0) is 12.4. The number of benzene rings is 1. The van der Waals surface area contributed by atoms with Crippen LogP contribution in [0.5, 0.6) is 0 Å². The Kier molecular flexibility index (Phi) is 3.38. The molecule has 5 heteroatoms. The van der Waals surface area contributed by atoms with Crippen molar-refractivity contribution in [3.63, 3.8) is 0 Å². The molecule has 2 N–H and O–H groups in total. The fourth-order valence-electron chi connectivity index (χ4n) is 2.16. The molecule has 3 nitrogen and oxygen atoms in total. The van der Waals surface area contributed by atoms with Crippen molar-refractivity contribution in [3.05, 3.63) is 35.4 Å². The maximum Gasteiger partial charge on any atom is 0.320 e. The van der Waals surface area contributed by atoms with E-state index in [9.17, 15) is 13.6 Å². The fourth-order valence-corrected chi connectivity index (χ4v) is 2.16. The number of nitrogens with one attached hydrogen (secondary N) is 1. The first-order valence-corrected chi connectivity index (χ1v) is 5.51. The highest BCUT2D eigenvalue weighted by molar-refractivity contribution is 5.73.